The van der Waals surface area contributed by atoms with Crippen LogP contribution in [0.1, 0.15) is 0 Å². The molecule has 0 fully saturated rings. The van der Waals surface area contributed by atoms with E-state index in [4.69, 9.17) is 0 Å². The molecule has 0 saturated heterocycles. The Hall–Kier alpha value is -2.49. The molecule has 0 bridgehead atoms. The molecular formula is C13H10N4. The summed E-state index contributed by atoms with van der Waals surface area (Å²) in [5.41, 5.74) is 2.67. The lowest BCUT2D eigenvalue weighted by molar-refractivity contribution is 0.876. The van der Waals surface area contributed by atoms with Gasteiger partial charge in [0.15, 0.2) is 0 Å². The van der Waals surface area contributed by atoms with Gasteiger partial charge in [0.25, 0.3) is 0 Å². The number of hydrogen-bond donors (Lipinski definition) is 0. The van der Waals surface area contributed by atoms with E-state index in [1.165, 1.54) is 0 Å². The lowest BCUT2D eigenvalue weighted by atomic mass is 10.3. The maximum Gasteiger partial charge on any atom is 0.111 e. The summed E-state index contributed by atoms with van der Waals surface area (Å²) in [4.78, 5) is 8.33. The summed E-state index contributed by atoms with van der Waals surface area (Å²) < 4.78 is 1.79. The van der Waals surface area contributed by atoms with Crippen molar-refractivity contribution in [1.29, 1.82) is 0 Å². The van der Waals surface area contributed by atoms with Crippen LogP contribution in [-0.2, 0) is 0 Å². The fourth-order valence-electron chi connectivity index (χ4n) is 1.61. The average Bonchev–Trinajstić information content (AvgIpc) is 2.90. The van der Waals surface area contributed by atoms with E-state index in [0.717, 1.165) is 17.1 Å². The topological polar surface area (TPSA) is 43.6 Å². The zero-order valence-electron chi connectivity index (χ0n) is 9.06. The van der Waals surface area contributed by atoms with Crippen LogP contribution in [0.4, 0.5) is 0 Å². The first-order valence-electron chi connectivity index (χ1n) is 5.31. The van der Waals surface area contributed by atoms with Crippen LogP contribution in [0.3, 0.4) is 0 Å². The van der Waals surface area contributed by atoms with Crippen LogP contribution in [0.5, 0.6) is 0 Å². The molecule has 0 aliphatic heterocycles. The largest absolute Gasteiger partial charge is 0.262 e. The predicted molar refractivity (Wildman–Crippen MR) is 64.6 cm³/mol. The molecule has 0 aliphatic carbocycles. The van der Waals surface area contributed by atoms with E-state index >= 15 is 0 Å². The molecule has 3 aromatic heterocycles. The maximum absolute atomic E-state index is 4.46. The Kier molecular flexibility index (Phi) is 2.38. The van der Waals surface area contributed by atoms with Gasteiger partial charge in [-0.2, -0.15) is 5.10 Å². The molecule has 4 heteroatoms. The second-order valence-corrected chi connectivity index (χ2v) is 3.57. The maximum atomic E-state index is 4.46. The Balaban J connectivity index is 1.99. The smallest absolute Gasteiger partial charge is 0.111 e. The van der Waals surface area contributed by atoms with Crippen LogP contribution >= 0.6 is 0 Å². The third kappa shape index (κ3) is 1.92. The lowest BCUT2D eigenvalue weighted by Crippen LogP contribution is -1.95. The van der Waals surface area contributed by atoms with Crippen molar-refractivity contribution in [3.05, 3.63) is 61.2 Å². The highest BCUT2D eigenvalue weighted by atomic mass is 15.3. The summed E-state index contributed by atoms with van der Waals surface area (Å²) in [5, 5.41) is 4.46. The molecule has 3 heterocycles. The summed E-state index contributed by atoms with van der Waals surface area (Å²) in [7, 11) is 0. The third-order valence-corrected chi connectivity index (χ3v) is 2.43. The molecule has 4 nitrogen and oxygen atoms in total. The summed E-state index contributed by atoms with van der Waals surface area (Å²) in [6.45, 7) is 0. The van der Waals surface area contributed by atoms with Crippen molar-refractivity contribution < 1.29 is 0 Å². The second-order valence-electron chi connectivity index (χ2n) is 3.57. The van der Waals surface area contributed by atoms with E-state index in [1.54, 1.807) is 23.3 Å². The van der Waals surface area contributed by atoms with Crippen molar-refractivity contribution in [2.24, 2.45) is 0 Å². The third-order valence-electron chi connectivity index (χ3n) is 2.43. The summed E-state index contributed by atoms with van der Waals surface area (Å²) in [5.74, 6) is 0. The van der Waals surface area contributed by atoms with Gasteiger partial charge in [-0.3, -0.25) is 9.97 Å². The standard InChI is InChI=1S/C13H10N4/c1-2-8-15-12(5-1)13-6-9-17(16-13)11-4-3-7-14-10-11/h1-10H. The Morgan fingerprint density at radius 3 is 2.65 bits per heavy atom. The highest BCUT2D eigenvalue weighted by Gasteiger charge is 2.03. The van der Waals surface area contributed by atoms with Crippen molar-refractivity contribution in [3.63, 3.8) is 0 Å². The molecule has 0 N–H and O–H groups in total. The van der Waals surface area contributed by atoms with Gasteiger partial charge in [-0.25, -0.2) is 4.68 Å². The molecule has 0 aromatic carbocycles. The van der Waals surface area contributed by atoms with Crippen molar-refractivity contribution in [3.8, 4) is 17.1 Å². The van der Waals surface area contributed by atoms with E-state index in [2.05, 4.69) is 15.1 Å². The number of hydrogen-bond acceptors (Lipinski definition) is 3. The molecule has 3 aromatic rings. The Labute approximate surface area is 98.6 Å². The SMILES string of the molecule is c1ccc(-c2ccn(-c3cccnc3)n2)nc1. The molecule has 0 unspecified atom stereocenters. The lowest BCUT2D eigenvalue weighted by Gasteiger charge is -1.99. The van der Waals surface area contributed by atoms with Gasteiger partial charge in [0.05, 0.1) is 17.6 Å². The van der Waals surface area contributed by atoms with E-state index in [1.807, 2.05) is 42.6 Å². The van der Waals surface area contributed by atoms with Gasteiger partial charge in [0.1, 0.15) is 5.69 Å². The first-order valence-corrected chi connectivity index (χ1v) is 5.31. The molecule has 0 spiro atoms. The van der Waals surface area contributed by atoms with E-state index < -0.39 is 0 Å². The van der Waals surface area contributed by atoms with Crippen LogP contribution in [0.2, 0.25) is 0 Å². The van der Waals surface area contributed by atoms with Crippen LogP contribution in [0.25, 0.3) is 17.1 Å². The summed E-state index contributed by atoms with van der Waals surface area (Å²) >= 11 is 0. The van der Waals surface area contributed by atoms with Crippen LogP contribution in [-0.4, -0.2) is 19.7 Å². The van der Waals surface area contributed by atoms with Crippen molar-refractivity contribution in [1.82, 2.24) is 19.7 Å². The van der Waals surface area contributed by atoms with Crippen molar-refractivity contribution in [2.75, 3.05) is 0 Å². The monoisotopic (exact) mass is 222 g/mol. The Bertz CT molecular complexity index is 548. The minimum Gasteiger partial charge on any atom is -0.262 e. The minimum atomic E-state index is 0.856. The van der Waals surface area contributed by atoms with Gasteiger partial charge in [-0.1, -0.05) is 6.07 Å². The quantitative estimate of drug-likeness (QED) is 0.668. The number of pyridine rings is 2. The van der Waals surface area contributed by atoms with Crippen LogP contribution in [0.15, 0.2) is 61.2 Å². The number of aromatic nitrogens is 4. The fraction of sp³-hybridized carbons (Fsp3) is 0. The van der Waals surface area contributed by atoms with Gasteiger partial charge in [0.2, 0.25) is 0 Å². The van der Waals surface area contributed by atoms with Crippen molar-refractivity contribution in [2.45, 2.75) is 0 Å². The molecule has 0 aliphatic rings. The molecule has 3 rings (SSSR count). The first kappa shape index (κ1) is 9.72. The van der Waals surface area contributed by atoms with Gasteiger partial charge in [-0.15, -0.1) is 0 Å². The zero-order chi connectivity index (χ0) is 11.5. The average molecular weight is 222 g/mol. The summed E-state index contributed by atoms with van der Waals surface area (Å²) in [6, 6.07) is 11.6. The summed E-state index contributed by atoms with van der Waals surface area (Å²) in [6.07, 6.45) is 7.18. The Morgan fingerprint density at radius 2 is 1.88 bits per heavy atom. The van der Waals surface area contributed by atoms with Crippen LogP contribution in [0, 0.1) is 0 Å². The molecule has 0 radical (unpaired) electrons. The molecule has 82 valence electrons. The van der Waals surface area contributed by atoms with Gasteiger partial charge in [-0.05, 0) is 30.3 Å². The fourth-order valence-corrected chi connectivity index (χ4v) is 1.61. The Morgan fingerprint density at radius 1 is 0.882 bits per heavy atom. The number of rotatable bonds is 2. The number of nitrogens with zero attached hydrogens (tertiary/aromatic N) is 4. The molecule has 0 atom stereocenters. The molecule has 17 heavy (non-hydrogen) atoms. The molecule has 0 amide bonds. The second kappa shape index (κ2) is 4.17. The first-order chi connectivity index (χ1) is 8.43. The van der Waals surface area contributed by atoms with Gasteiger partial charge < -0.3 is 0 Å². The van der Waals surface area contributed by atoms with Crippen LogP contribution < -0.4 is 0 Å². The molecular weight excluding hydrogens is 212 g/mol. The van der Waals surface area contributed by atoms with E-state index in [0.29, 0.717) is 0 Å². The predicted octanol–water partition coefficient (Wildman–Crippen LogP) is 2.33. The van der Waals surface area contributed by atoms with E-state index in [-0.39, 0.29) is 0 Å². The highest BCUT2D eigenvalue weighted by molar-refractivity contribution is 5.53. The zero-order valence-corrected chi connectivity index (χ0v) is 9.06. The van der Waals surface area contributed by atoms with Gasteiger partial charge >= 0.3 is 0 Å². The normalized spacial score (nSPS) is 10.4. The van der Waals surface area contributed by atoms with Crippen molar-refractivity contribution >= 4 is 0 Å². The molecule has 0 saturated carbocycles. The minimum absolute atomic E-state index is 0.856. The van der Waals surface area contributed by atoms with E-state index in [9.17, 15) is 0 Å². The van der Waals surface area contributed by atoms with Gasteiger partial charge in [0, 0.05) is 18.6 Å². The highest BCUT2D eigenvalue weighted by Crippen LogP contribution is 2.14.